The zero-order chi connectivity index (χ0) is 17.1. The van der Waals surface area contributed by atoms with Gasteiger partial charge in [0.15, 0.2) is 6.10 Å². The second-order valence-electron chi connectivity index (χ2n) is 5.64. The predicted octanol–water partition coefficient (Wildman–Crippen LogP) is 1.89. The number of carbonyl (C=O) groups is 2. The maximum absolute atomic E-state index is 12.2. The third-order valence-corrected chi connectivity index (χ3v) is 3.72. The molecule has 0 bridgehead atoms. The van der Waals surface area contributed by atoms with Crippen LogP contribution in [-0.4, -0.2) is 27.8 Å². The lowest BCUT2D eigenvalue weighted by Gasteiger charge is -2.10. The van der Waals surface area contributed by atoms with E-state index in [4.69, 9.17) is 10.5 Å². The van der Waals surface area contributed by atoms with Gasteiger partial charge in [-0.3, -0.25) is 9.48 Å². The van der Waals surface area contributed by atoms with Crippen molar-refractivity contribution < 1.29 is 14.3 Å². The fourth-order valence-electron chi connectivity index (χ4n) is 2.29. The summed E-state index contributed by atoms with van der Waals surface area (Å²) in [5.41, 5.74) is 9.04. The Kier molecular flexibility index (Phi) is 4.83. The van der Waals surface area contributed by atoms with Crippen molar-refractivity contribution in [1.29, 1.82) is 0 Å². The molecular formula is C17H21N3O3. The van der Waals surface area contributed by atoms with Crippen molar-refractivity contribution in [3.63, 3.8) is 0 Å². The van der Waals surface area contributed by atoms with Crippen LogP contribution in [0.5, 0.6) is 0 Å². The van der Waals surface area contributed by atoms with Crippen LogP contribution in [0.4, 0.5) is 0 Å². The zero-order valence-electron chi connectivity index (χ0n) is 13.8. The van der Waals surface area contributed by atoms with Gasteiger partial charge in [0, 0.05) is 0 Å². The van der Waals surface area contributed by atoms with Crippen molar-refractivity contribution in [2.24, 2.45) is 5.73 Å². The van der Waals surface area contributed by atoms with E-state index >= 15 is 0 Å². The quantitative estimate of drug-likeness (QED) is 0.854. The molecule has 23 heavy (non-hydrogen) atoms. The molecule has 0 aliphatic heterocycles. The number of rotatable bonds is 5. The van der Waals surface area contributed by atoms with Crippen LogP contribution in [0.1, 0.15) is 39.8 Å². The van der Waals surface area contributed by atoms with Gasteiger partial charge in [-0.05, 0) is 33.3 Å². The molecule has 0 aliphatic rings. The van der Waals surface area contributed by atoms with Gasteiger partial charge < -0.3 is 10.5 Å². The van der Waals surface area contributed by atoms with E-state index in [1.54, 1.807) is 18.5 Å². The summed E-state index contributed by atoms with van der Waals surface area (Å²) in [6.07, 6.45) is -0.971. The number of esters is 1. The Hall–Kier alpha value is -2.63. The standard InChI is InChI=1S/C17H21N3O3/c1-10-5-7-14(8-6-10)9-20-12(3)15(11(2)19-20)17(22)23-13(4)16(18)21/h5-8,13H,9H2,1-4H3,(H2,18,21)/t13-/m0/s1. The highest BCUT2D eigenvalue weighted by Gasteiger charge is 2.23. The monoisotopic (exact) mass is 315 g/mol. The van der Waals surface area contributed by atoms with Crippen LogP contribution in [0.25, 0.3) is 0 Å². The number of amides is 1. The van der Waals surface area contributed by atoms with E-state index in [1.807, 2.05) is 31.2 Å². The van der Waals surface area contributed by atoms with Gasteiger partial charge in [0.1, 0.15) is 5.56 Å². The fourth-order valence-corrected chi connectivity index (χ4v) is 2.29. The van der Waals surface area contributed by atoms with E-state index in [-0.39, 0.29) is 0 Å². The Bertz CT molecular complexity index is 732. The van der Waals surface area contributed by atoms with Gasteiger partial charge >= 0.3 is 5.97 Å². The molecule has 1 atom stereocenters. The number of carbonyl (C=O) groups excluding carboxylic acids is 2. The molecular weight excluding hydrogens is 294 g/mol. The summed E-state index contributed by atoms with van der Waals surface area (Å²) in [7, 11) is 0. The number of aryl methyl sites for hydroxylation is 2. The molecule has 0 fully saturated rings. The molecule has 0 unspecified atom stereocenters. The topological polar surface area (TPSA) is 87.2 Å². The van der Waals surface area contributed by atoms with E-state index in [0.29, 0.717) is 23.5 Å². The second kappa shape index (κ2) is 6.64. The van der Waals surface area contributed by atoms with Gasteiger partial charge in [0.2, 0.25) is 0 Å². The number of hydrogen-bond acceptors (Lipinski definition) is 4. The lowest BCUT2D eigenvalue weighted by atomic mass is 10.1. The number of hydrogen-bond donors (Lipinski definition) is 1. The molecule has 2 rings (SSSR count). The van der Waals surface area contributed by atoms with Crippen molar-refractivity contribution in [1.82, 2.24) is 9.78 Å². The summed E-state index contributed by atoms with van der Waals surface area (Å²) < 4.78 is 6.83. The van der Waals surface area contributed by atoms with E-state index in [1.165, 1.54) is 12.5 Å². The first-order valence-corrected chi connectivity index (χ1v) is 7.39. The van der Waals surface area contributed by atoms with Crippen LogP contribution >= 0.6 is 0 Å². The number of primary amides is 1. The molecule has 1 amide bonds. The van der Waals surface area contributed by atoms with Gasteiger partial charge in [-0.2, -0.15) is 5.10 Å². The van der Waals surface area contributed by atoms with Gasteiger partial charge in [-0.25, -0.2) is 4.79 Å². The average Bonchev–Trinajstić information content (AvgIpc) is 2.75. The minimum atomic E-state index is -0.971. The molecule has 0 radical (unpaired) electrons. The predicted molar refractivity (Wildman–Crippen MR) is 86.1 cm³/mol. The number of nitrogens with zero attached hydrogens (tertiary/aromatic N) is 2. The van der Waals surface area contributed by atoms with Crippen molar-refractivity contribution in [2.75, 3.05) is 0 Å². The molecule has 0 saturated carbocycles. The smallest absolute Gasteiger partial charge is 0.342 e. The first-order chi connectivity index (χ1) is 10.8. The molecule has 6 nitrogen and oxygen atoms in total. The number of nitrogens with two attached hydrogens (primary N) is 1. The van der Waals surface area contributed by atoms with E-state index in [9.17, 15) is 9.59 Å². The molecule has 1 aromatic heterocycles. The summed E-state index contributed by atoms with van der Waals surface area (Å²) >= 11 is 0. The number of aromatic nitrogens is 2. The van der Waals surface area contributed by atoms with Crippen LogP contribution in [-0.2, 0) is 16.1 Å². The Morgan fingerprint density at radius 2 is 1.83 bits per heavy atom. The highest BCUT2D eigenvalue weighted by atomic mass is 16.5. The molecule has 0 aliphatic carbocycles. The summed E-state index contributed by atoms with van der Waals surface area (Å²) in [4.78, 5) is 23.3. The fraction of sp³-hybridized carbons (Fsp3) is 0.353. The molecule has 0 spiro atoms. The molecule has 6 heteroatoms. The third-order valence-electron chi connectivity index (χ3n) is 3.72. The number of ether oxygens (including phenoxy) is 1. The molecule has 1 aromatic carbocycles. The second-order valence-corrected chi connectivity index (χ2v) is 5.64. The van der Waals surface area contributed by atoms with Crippen LogP contribution in [0, 0.1) is 20.8 Å². The van der Waals surface area contributed by atoms with E-state index in [2.05, 4.69) is 5.10 Å². The van der Waals surface area contributed by atoms with Crippen molar-refractivity contribution in [3.8, 4) is 0 Å². The normalized spacial score (nSPS) is 12.0. The Morgan fingerprint density at radius 3 is 2.39 bits per heavy atom. The Balaban J connectivity index is 2.23. The molecule has 122 valence electrons. The SMILES string of the molecule is Cc1ccc(Cn2nc(C)c(C(=O)O[C@@H](C)C(N)=O)c2C)cc1. The van der Waals surface area contributed by atoms with Crippen LogP contribution < -0.4 is 5.73 Å². The maximum Gasteiger partial charge on any atom is 0.342 e. The Morgan fingerprint density at radius 1 is 1.22 bits per heavy atom. The largest absolute Gasteiger partial charge is 0.449 e. The summed E-state index contributed by atoms with van der Waals surface area (Å²) in [5.74, 6) is -1.26. The van der Waals surface area contributed by atoms with Crippen molar-refractivity contribution in [2.45, 2.75) is 40.3 Å². The lowest BCUT2D eigenvalue weighted by molar-refractivity contribution is -0.125. The average molecular weight is 315 g/mol. The van der Waals surface area contributed by atoms with Gasteiger partial charge in [-0.1, -0.05) is 29.8 Å². The first-order valence-electron chi connectivity index (χ1n) is 7.39. The summed E-state index contributed by atoms with van der Waals surface area (Å²) in [6.45, 7) is 7.58. The van der Waals surface area contributed by atoms with Crippen LogP contribution in [0.15, 0.2) is 24.3 Å². The molecule has 1 heterocycles. The van der Waals surface area contributed by atoms with Gasteiger partial charge in [0.25, 0.3) is 5.91 Å². The molecule has 2 N–H and O–H groups in total. The molecule has 2 aromatic rings. The van der Waals surface area contributed by atoms with Crippen LogP contribution in [0.3, 0.4) is 0 Å². The van der Waals surface area contributed by atoms with Crippen molar-refractivity contribution in [3.05, 3.63) is 52.3 Å². The number of benzene rings is 1. The zero-order valence-corrected chi connectivity index (χ0v) is 13.8. The minimum Gasteiger partial charge on any atom is -0.449 e. The van der Waals surface area contributed by atoms with Crippen molar-refractivity contribution >= 4 is 11.9 Å². The molecule has 0 saturated heterocycles. The maximum atomic E-state index is 12.2. The summed E-state index contributed by atoms with van der Waals surface area (Å²) in [5, 5.41) is 4.40. The van der Waals surface area contributed by atoms with Gasteiger partial charge in [0.05, 0.1) is 17.9 Å². The Labute approximate surface area is 135 Å². The minimum absolute atomic E-state index is 0.380. The van der Waals surface area contributed by atoms with Gasteiger partial charge in [-0.15, -0.1) is 0 Å². The van der Waals surface area contributed by atoms with E-state index in [0.717, 1.165) is 5.56 Å². The summed E-state index contributed by atoms with van der Waals surface area (Å²) in [6, 6.07) is 8.12. The highest BCUT2D eigenvalue weighted by molar-refractivity contribution is 5.93. The third kappa shape index (κ3) is 3.77. The first kappa shape index (κ1) is 16.7. The lowest BCUT2D eigenvalue weighted by Crippen LogP contribution is -2.30. The van der Waals surface area contributed by atoms with E-state index < -0.39 is 18.0 Å². The highest BCUT2D eigenvalue weighted by Crippen LogP contribution is 2.17. The van der Waals surface area contributed by atoms with Crippen LogP contribution in [0.2, 0.25) is 0 Å².